The molecule has 0 saturated carbocycles. The maximum absolute atomic E-state index is 12.6. The first-order chi connectivity index (χ1) is 23.6. The van der Waals surface area contributed by atoms with E-state index in [1.165, 1.54) is 51.4 Å². The van der Waals surface area contributed by atoms with Crippen LogP contribution in [0, 0.1) is 0 Å². The highest BCUT2D eigenvalue weighted by Crippen LogP contribution is 2.43. The molecule has 0 aliphatic heterocycles. The Morgan fingerprint density at radius 1 is 0.653 bits per heavy atom. The van der Waals surface area contributed by atoms with Gasteiger partial charge in [-0.05, 0) is 51.4 Å². The zero-order valence-electron chi connectivity index (χ0n) is 32.2. The Balaban J connectivity index is 4.28. The van der Waals surface area contributed by atoms with E-state index in [9.17, 15) is 14.3 Å². The molecule has 8 nitrogen and oxygen atoms in total. The summed E-state index contributed by atoms with van der Waals surface area (Å²) in [6, 6.07) is 0. The Kier molecular flexibility index (Phi) is 32.5. The quantitative estimate of drug-likeness (QED) is 0.0230. The van der Waals surface area contributed by atoms with Crippen molar-refractivity contribution in [1.29, 1.82) is 0 Å². The van der Waals surface area contributed by atoms with Crippen molar-refractivity contribution in [2.75, 3.05) is 54.1 Å². The second kappa shape index (κ2) is 33.6. The first-order valence-corrected chi connectivity index (χ1v) is 20.9. The van der Waals surface area contributed by atoms with Crippen molar-refractivity contribution < 1.29 is 37.3 Å². The average Bonchev–Trinajstić information content (AvgIpc) is 3.04. The van der Waals surface area contributed by atoms with Gasteiger partial charge in [0.05, 0.1) is 34.4 Å². The number of hydrogen-bond acceptors (Lipinski definition) is 6. The van der Waals surface area contributed by atoms with Crippen LogP contribution in [0.1, 0.15) is 142 Å². The van der Waals surface area contributed by atoms with Crippen LogP contribution < -0.4 is 0 Å². The highest BCUT2D eigenvalue weighted by atomic mass is 31.2. The number of hydrogen-bond donors (Lipinski definition) is 1. The third-order valence-electron chi connectivity index (χ3n) is 7.90. The minimum Gasteiger partial charge on any atom is -0.457 e. The van der Waals surface area contributed by atoms with Gasteiger partial charge in [0.25, 0.3) is 0 Å². The average molecular weight is 713 g/mol. The Labute approximate surface area is 301 Å². The minimum absolute atomic E-state index is 0.0836. The van der Waals surface area contributed by atoms with Crippen molar-refractivity contribution in [2.24, 2.45) is 0 Å². The first kappa shape index (κ1) is 47.5. The second-order valence-corrected chi connectivity index (χ2v) is 15.4. The van der Waals surface area contributed by atoms with E-state index in [0.717, 1.165) is 70.6 Å². The lowest BCUT2D eigenvalue weighted by atomic mass is 10.1. The molecule has 0 spiro atoms. The number of rotatable bonds is 35. The molecule has 0 aliphatic rings. The summed E-state index contributed by atoms with van der Waals surface area (Å²) in [6.45, 7) is 5.43. The van der Waals surface area contributed by atoms with Gasteiger partial charge in [-0.2, -0.15) is 0 Å². The van der Waals surface area contributed by atoms with Gasteiger partial charge in [0, 0.05) is 13.0 Å². The van der Waals surface area contributed by atoms with E-state index in [4.69, 9.17) is 18.5 Å². The van der Waals surface area contributed by atoms with Crippen LogP contribution in [0.4, 0.5) is 0 Å². The molecule has 286 valence electrons. The summed E-state index contributed by atoms with van der Waals surface area (Å²) in [5.74, 6) is -0.327. The number of phosphoric acid groups is 1. The molecule has 0 bridgehead atoms. The maximum atomic E-state index is 12.6. The zero-order valence-corrected chi connectivity index (χ0v) is 33.1. The van der Waals surface area contributed by atoms with Crippen molar-refractivity contribution in [3.8, 4) is 0 Å². The number of carbonyl (C=O) groups is 1. The third-order valence-corrected chi connectivity index (χ3v) is 8.89. The van der Waals surface area contributed by atoms with Crippen molar-refractivity contribution in [1.82, 2.24) is 0 Å². The smallest absolute Gasteiger partial charge is 0.457 e. The molecule has 49 heavy (non-hydrogen) atoms. The Hall–Kier alpha value is -1.54. The molecule has 2 atom stereocenters. The molecule has 0 fully saturated rings. The van der Waals surface area contributed by atoms with Crippen molar-refractivity contribution in [3.05, 3.63) is 48.6 Å². The molecule has 0 radical (unpaired) electrons. The predicted octanol–water partition coefficient (Wildman–Crippen LogP) is 10.8. The van der Waals surface area contributed by atoms with E-state index in [1.807, 2.05) is 21.1 Å². The highest BCUT2D eigenvalue weighted by Gasteiger charge is 2.26. The van der Waals surface area contributed by atoms with Gasteiger partial charge in [-0.1, -0.05) is 133 Å². The molecular formula is C40H75NO7P+. The summed E-state index contributed by atoms with van der Waals surface area (Å²) >= 11 is 0. The Morgan fingerprint density at radius 2 is 1.18 bits per heavy atom. The van der Waals surface area contributed by atoms with Gasteiger partial charge in [0.1, 0.15) is 19.3 Å². The molecule has 2 unspecified atom stereocenters. The van der Waals surface area contributed by atoms with Gasteiger partial charge < -0.3 is 18.9 Å². The van der Waals surface area contributed by atoms with Gasteiger partial charge in [-0.15, -0.1) is 0 Å². The summed E-state index contributed by atoms with van der Waals surface area (Å²) in [7, 11) is 1.65. The highest BCUT2D eigenvalue weighted by molar-refractivity contribution is 7.47. The van der Waals surface area contributed by atoms with E-state index in [2.05, 4.69) is 62.5 Å². The Bertz CT molecular complexity index is 926. The van der Waals surface area contributed by atoms with Crippen LogP contribution in [0.25, 0.3) is 0 Å². The summed E-state index contributed by atoms with van der Waals surface area (Å²) in [5, 5.41) is 0. The molecule has 1 N–H and O–H groups in total. The molecular weight excluding hydrogens is 637 g/mol. The van der Waals surface area contributed by atoms with Crippen molar-refractivity contribution >= 4 is 13.8 Å². The van der Waals surface area contributed by atoms with E-state index in [0.29, 0.717) is 24.1 Å². The van der Waals surface area contributed by atoms with Crippen LogP contribution in [-0.4, -0.2) is 75.6 Å². The van der Waals surface area contributed by atoms with Crippen LogP contribution in [0.2, 0.25) is 0 Å². The van der Waals surface area contributed by atoms with Crippen LogP contribution >= 0.6 is 7.82 Å². The summed E-state index contributed by atoms with van der Waals surface area (Å²) in [4.78, 5) is 22.7. The molecule has 0 aromatic heterocycles. The van der Waals surface area contributed by atoms with Crippen molar-refractivity contribution in [2.45, 2.75) is 148 Å². The standard InChI is InChI=1S/C40H74NO7P/c1-6-8-10-12-14-16-17-18-19-20-21-22-23-24-26-28-30-32-35-45-37-39(38-47-49(43,44)46-36-34-41(3,4)5)48-40(42)33-31-29-27-25-15-13-11-9-7-2/h8,10,14,16,18-19,21-22,39H,6-7,9,11-13,15,17,20,23-38H2,1-5H3/p+1/b10-8-,16-14-,19-18-,22-21-. The zero-order chi connectivity index (χ0) is 36.3. The fourth-order valence-electron chi connectivity index (χ4n) is 4.89. The molecule has 0 aromatic rings. The molecule has 0 saturated heterocycles. The summed E-state index contributed by atoms with van der Waals surface area (Å²) in [6.07, 6.45) is 38.6. The number of ether oxygens (including phenoxy) is 2. The molecule has 0 heterocycles. The van der Waals surface area contributed by atoms with E-state index in [-0.39, 0.29) is 25.8 Å². The minimum atomic E-state index is -4.27. The van der Waals surface area contributed by atoms with Gasteiger partial charge >= 0.3 is 13.8 Å². The lowest BCUT2D eigenvalue weighted by Crippen LogP contribution is -2.37. The summed E-state index contributed by atoms with van der Waals surface area (Å²) in [5.41, 5.74) is 0. The van der Waals surface area contributed by atoms with Crippen molar-refractivity contribution in [3.63, 3.8) is 0 Å². The van der Waals surface area contributed by atoms with Gasteiger partial charge in [0.2, 0.25) is 0 Å². The molecule has 0 aliphatic carbocycles. The monoisotopic (exact) mass is 713 g/mol. The second-order valence-electron chi connectivity index (χ2n) is 13.9. The van der Waals surface area contributed by atoms with Crippen LogP contribution in [0.5, 0.6) is 0 Å². The molecule has 0 amide bonds. The number of phosphoric ester groups is 1. The number of unbranched alkanes of at least 4 members (excludes halogenated alkanes) is 13. The maximum Gasteiger partial charge on any atom is 0.472 e. The summed E-state index contributed by atoms with van der Waals surface area (Å²) < 4.78 is 34.8. The number of esters is 1. The fraction of sp³-hybridized carbons (Fsp3) is 0.775. The van der Waals surface area contributed by atoms with E-state index >= 15 is 0 Å². The largest absolute Gasteiger partial charge is 0.472 e. The molecule has 9 heteroatoms. The van der Waals surface area contributed by atoms with E-state index in [1.54, 1.807) is 0 Å². The number of quaternary nitrogens is 1. The van der Waals surface area contributed by atoms with Gasteiger partial charge in [-0.25, -0.2) is 4.57 Å². The third kappa shape index (κ3) is 37.5. The van der Waals surface area contributed by atoms with Crippen LogP contribution in [-0.2, 0) is 27.9 Å². The number of carbonyl (C=O) groups excluding carboxylic acids is 1. The fourth-order valence-corrected chi connectivity index (χ4v) is 5.64. The molecule has 0 aromatic carbocycles. The van der Waals surface area contributed by atoms with Gasteiger partial charge in [0.15, 0.2) is 0 Å². The predicted molar refractivity (Wildman–Crippen MR) is 206 cm³/mol. The first-order valence-electron chi connectivity index (χ1n) is 19.4. The van der Waals surface area contributed by atoms with Gasteiger partial charge in [-0.3, -0.25) is 13.8 Å². The lowest BCUT2D eigenvalue weighted by Gasteiger charge is -2.24. The molecule has 0 rings (SSSR count). The Morgan fingerprint density at radius 3 is 1.78 bits per heavy atom. The number of nitrogens with zero attached hydrogens (tertiary/aromatic N) is 1. The number of likely N-dealkylation sites (N-methyl/N-ethyl adjacent to an activating group) is 1. The van der Waals surface area contributed by atoms with Crippen LogP contribution in [0.15, 0.2) is 48.6 Å². The SMILES string of the molecule is CC/C=C\C/C=C\C/C=C\C/C=C\CCCCCCCOCC(COP(=O)(O)OCC[N+](C)(C)C)OC(=O)CCCCCCCCCCC. The van der Waals surface area contributed by atoms with Crippen LogP contribution in [0.3, 0.4) is 0 Å². The van der Waals surface area contributed by atoms with E-state index < -0.39 is 13.9 Å². The lowest BCUT2D eigenvalue weighted by molar-refractivity contribution is -0.870. The number of allylic oxidation sites excluding steroid dienone is 8. The topological polar surface area (TPSA) is 91.3 Å². The normalized spacial score (nSPS) is 14.5.